The summed E-state index contributed by atoms with van der Waals surface area (Å²) in [6.07, 6.45) is 3.58. The number of aliphatic imine (C=N–C) groups is 1. The molecule has 7 nitrogen and oxygen atoms in total. The van der Waals surface area contributed by atoms with E-state index in [4.69, 9.17) is 5.73 Å². The number of nitrogens with zero attached hydrogens (tertiary/aromatic N) is 4. The lowest BCUT2D eigenvalue weighted by Crippen LogP contribution is -2.47. The number of Topliss-reactive ketones (excluding diaryl/α,β-unsaturated/α-hetero) is 1. The second kappa shape index (κ2) is 7.05. The molecule has 0 spiro atoms. The van der Waals surface area contributed by atoms with E-state index in [1.165, 1.54) is 18.0 Å². The van der Waals surface area contributed by atoms with E-state index in [1.54, 1.807) is 31.5 Å². The molecule has 2 N–H and O–H groups in total. The van der Waals surface area contributed by atoms with Crippen molar-refractivity contribution in [3.05, 3.63) is 71.1 Å². The zero-order valence-electron chi connectivity index (χ0n) is 17.0. The summed E-state index contributed by atoms with van der Waals surface area (Å²) in [6.45, 7) is 3.64. The van der Waals surface area contributed by atoms with E-state index in [9.17, 15) is 14.0 Å². The summed E-state index contributed by atoms with van der Waals surface area (Å²) in [5.74, 6) is -0.882. The predicted octanol–water partition coefficient (Wildman–Crippen LogP) is 2.60. The van der Waals surface area contributed by atoms with Gasteiger partial charge in [-0.05, 0) is 49.2 Å². The number of amides is 1. The van der Waals surface area contributed by atoms with Crippen LogP contribution in [0.3, 0.4) is 0 Å². The highest BCUT2D eigenvalue weighted by atomic mass is 19.1. The number of nitrogens with two attached hydrogens (primary N) is 1. The molecule has 0 saturated heterocycles. The van der Waals surface area contributed by atoms with E-state index >= 15 is 0 Å². The van der Waals surface area contributed by atoms with Gasteiger partial charge in [-0.1, -0.05) is 6.07 Å². The number of guanidine groups is 1. The average Bonchev–Trinajstić information content (AvgIpc) is 3.06. The number of hydrogen-bond donors (Lipinski definition) is 1. The van der Waals surface area contributed by atoms with E-state index in [-0.39, 0.29) is 36.1 Å². The third-order valence-electron chi connectivity index (χ3n) is 5.46. The third-order valence-corrected chi connectivity index (χ3v) is 5.46. The van der Waals surface area contributed by atoms with Crippen molar-refractivity contribution < 1.29 is 14.0 Å². The SMILES string of the molecule is Cc1cc2cc(C(=O)Cc3ccc(F)c(C4(C)CC(=O)N(C)C(N)=N4)c3)ncn2c1. The maximum absolute atomic E-state index is 14.7. The van der Waals surface area contributed by atoms with Crippen molar-refractivity contribution in [2.75, 3.05) is 7.05 Å². The van der Waals surface area contributed by atoms with E-state index < -0.39 is 11.4 Å². The summed E-state index contributed by atoms with van der Waals surface area (Å²) in [4.78, 5) is 34.9. The molecule has 2 aromatic heterocycles. The van der Waals surface area contributed by atoms with E-state index in [0.717, 1.165) is 11.1 Å². The highest BCUT2D eigenvalue weighted by molar-refractivity contribution is 5.99. The van der Waals surface area contributed by atoms with Crippen molar-refractivity contribution in [1.82, 2.24) is 14.3 Å². The molecule has 0 radical (unpaired) electrons. The molecule has 30 heavy (non-hydrogen) atoms. The average molecular weight is 407 g/mol. The van der Waals surface area contributed by atoms with Crippen LogP contribution < -0.4 is 5.73 Å². The molecular weight excluding hydrogens is 385 g/mol. The molecule has 0 aliphatic carbocycles. The molecule has 0 saturated carbocycles. The number of carbonyl (C=O) groups is 2. The van der Waals surface area contributed by atoms with Gasteiger partial charge in [-0.15, -0.1) is 0 Å². The van der Waals surface area contributed by atoms with Gasteiger partial charge in [0.15, 0.2) is 11.7 Å². The lowest BCUT2D eigenvalue weighted by molar-refractivity contribution is -0.128. The fourth-order valence-corrected chi connectivity index (χ4v) is 3.74. The minimum atomic E-state index is -1.13. The molecule has 154 valence electrons. The smallest absolute Gasteiger partial charge is 0.231 e. The Kier molecular flexibility index (Phi) is 4.64. The quantitative estimate of drug-likeness (QED) is 0.673. The van der Waals surface area contributed by atoms with Gasteiger partial charge in [-0.25, -0.2) is 14.4 Å². The van der Waals surface area contributed by atoms with Crippen molar-refractivity contribution in [3.8, 4) is 0 Å². The van der Waals surface area contributed by atoms with Crippen LogP contribution in [-0.4, -0.2) is 39.0 Å². The number of aromatic nitrogens is 2. The molecule has 3 heterocycles. The Balaban J connectivity index is 1.64. The number of carbonyl (C=O) groups excluding carboxylic acids is 2. The molecule has 1 atom stereocenters. The van der Waals surface area contributed by atoms with Crippen molar-refractivity contribution >= 4 is 23.2 Å². The molecular formula is C22H22FN5O2. The molecule has 8 heteroatoms. The van der Waals surface area contributed by atoms with Gasteiger partial charge in [-0.3, -0.25) is 14.5 Å². The van der Waals surface area contributed by atoms with Crippen LogP contribution in [0.1, 0.15) is 40.5 Å². The minimum Gasteiger partial charge on any atom is -0.369 e. The number of rotatable bonds is 4. The summed E-state index contributed by atoms with van der Waals surface area (Å²) in [6, 6.07) is 8.15. The van der Waals surface area contributed by atoms with Crippen molar-refractivity contribution in [1.29, 1.82) is 0 Å². The number of hydrogen-bond acceptors (Lipinski definition) is 5. The Labute approximate surface area is 173 Å². The largest absolute Gasteiger partial charge is 0.369 e. The van der Waals surface area contributed by atoms with Crippen molar-refractivity contribution in [2.45, 2.75) is 32.2 Å². The number of aryl methyl sites for hydroxylation is 1. The van der Waals surface area contributed by atoms with Crippen LogP contribution in [0.5, 0.6) is 0 Å². The number of halogens is 1. The Bertz CT molecular complexity index is 1220. The van der Waals surface area contributed by atoms with Crippen LogP contribution in [0.15, 0.2) is 47.8 Å². The Hall–Kier alpha value is -3.55. The molecule has 4 rings (SSSR count). The first-order chi connectivity index (χ1) is 14.2. The fourth-order valence-electron chi connectivity index (χ4n) is 3.74. The van der Waals surface area contributed by atoms with E-state index in [2.05, 4.69) is 9.98 Å². The first-order valence-corrected chi connectivity index (χ1v) is 9.54. The molecule has 1 amide bonds. The highest BCUT2D eigenvalue weighted by Gasteiger charge is 2.38. The first-order valence-electron chi connectivity index (χ1n) is 9.54. The van der Waals surface area contributed by atoms with Gasteiger partial charge in [-0.2, -0.15) is 0 Å². The van der Waals surface area contributed by atoms with Gasteiger partial charge < -0.3 is 10.1 Å². The third kappa shape index (κ3) is 3.45. The van der Waals surface area contributed by atoms with Crippen LogP contribution in [0.2, 0.25) is 0 Å². The lowest BCUT2D eigenvalue weighted by Gasteiger charge is -2.34. The van der Waals surface area contributed by atoms with Gasteiger partial charge in [0.1, 0.15) is 11.5 Å². The van der Waals surface area contributed by atoms with Crippen LogP contribution in [0, 0.1) is 12.7 Å². The molecule has 1 aromatic carbocycles. The summed E-state index contributed by atoms with van der Waals surface area (Å²) in [5.41, 5.74) is 7.87. The molecule has 0 bridgehead atoms. The highest BCUT2D eigenvalue weighted by Crippen LogP contribution is 2.35. The lowest BCUT2D eigenvalue weighted by atomic mass is 9.85. The topological polar surface area (TPSA) is 93.1 Å². The predicted molar refractivity (Wildman–Crippen MR) is 111 cm³/mol. The van der Waals surface area contributed by atoms with E-state index in [0.29, 0.717) is 11.3 Å². The number of fused-ring (bicyclic) bond motifs is 1. The summed E-state index contributed by atoms with van der Waals surface area (Å²) in [7, 11) is 1.53. The van der Waals surface area contributed by atoms with Gasteiger partial charge in [0, 0.05) is 30.7 Å². The second-order valence-electron chi connectivity index (χ2n) is 7.91. The fraction of sp³-hybridized carbons (Fsp3) is 0.273. The van der Waals surface area contributed by atoms with Crippen molar-refractivity contribution in [2.24, 2.45) is 10.7 Å². The number of benzene rings is 1. The molecule has 1 unspecified atom stereocenters. The van der Waals surface area contributed by atoms with Gasteiger partial charge in [0.05, 0.1) is 18.3 Å². The van der Waals surface area contributed by atoms with Gasteiger partial charge in [0.2, 0.25) is 5.91 Å². The first kappa shape index (κ1) is 19.8. The minimum absolute atomic E-state index is 0.00962. The maximum Gasteiger partial charge on any atom is 0.231 e. The van der Waals surface area contributed by atoms with Crippen LogP contribution in [-0.2, 0) is 16.8 Å². The second-order valence-corrected chi connectivity index (χ2v) is 7.91. The zero-order valence-corrected chi connectivity index (χ0v) is 17.0. The van der Waals surface area contributed by atoms with Gasteiger partial charge in [0.25, 0.3) is 0 Å². The van der Waals surface area contributed by atoms with E-state index in [1.807, 2.05) is 23.6 Å². The molecule has 3 aromatic rings. The zero-order chi connectivity index (χ0) is 21.6. The Morgan fingerprint density at radius 3 is 2.80 bits per heavy atom. The normalized spacial score (nSPS) is 19.3. The molecule has 1 aliphatic heterocycles. The Morgan fingerprint density at radius 1 is 1.30 bits per heavy atom. The Morgan fingerprint density at radius 2 is 2.07 bits per heavy atom. The summed E-state index contributed by atoms with van der Waals surface area (Å²) >= 11 is 0. The molecule has 0 fully saturated rings. The van der Waals surface area contributed by atoms with Crippen LogP contribution >= 0.6 is 0 Å². The van der Waals surface area contributed by atoms with Gasteiger partial charge >= 0.3 is 0 Å². The molecule has 1 aliphatic rings. The summed E-state index contributed by atoms with van der Waals surface area (Å²) < 4.78 is 16.5. The van der Waals surface area contributed by atoms with Crippen LogP contribution in [0.25, 0.3) is 5.52 Å². The standard InChI is InChI=1S/C22H22FN5O2/c1-13-6-15-9-18(25-12-28(15)11-13)19(29)8-14-4-5-17(23)16(7-14)22(2)10-20(30)27(3)21(24)26-22/h4-7,9,11-12H,8,10H2,1-3H3,(H2,24,26). The maximum atomic E-state index is 14.7. The summed E-state index contributed by atoms with van der Waals surface area (Å²) in [5, 5.41) is 0. The van der Waals surface area contributed by atoms with Crippen LogP contribution in [0.4, 0.5) is 4.39 Å². The van der Waals surface area contributed by atoms with Crippen molar-refractivity contribution in [3.63, 3.8) is 0 Å². The monoisotopic (exact) mass is 407 g/mol. The number of ketones is 1.